The van der Waals surface area contributed by atoms with Crippen molar-refractivity contribution in [1.29, 1.82) is 0 Å². The Labute approximate surface area is 173 Å². The number of aromatic nitrogens is 5. The van der Waals surface area contributed by atoms with Gasteiger partial charge in [0.1, 0.15) is 10.8 Å². The van der Waals surface area contributed by atoms with E-state index in [0.29, 0.717) is 32.2 Å². The lowest BCUT2D eigenvalue weighted by molar-refractivity contribution is 0.101. The molecule has 1 atom stereocenters. The van der Waals surface area contributed by atoms with Crippen molar-refractivity contribution in [3.8, 4) is 0 Å². The van der Waals surface area contributed by atoms with Crippen LogP contribution in [0.2, 0.25) is 0 Å². The smallest absolute Gasteiger partial charge is 0.211 e. The fraction of sp³-hybridized carbons (Fsp3) is 0.222. The summed E-state index contributed by atoms with van der Waals surface area (Å²) in [6.45, 7) is 3.72. The molecule has 0 aliphatic heterocycles. The van der Waals surface area contributed by atoms with Crippen LogP contribution in [0.3, 0.4) is 0 Å². The van der Waals surface area contributed by atoms with Crippen molar-refractivity contribution in [2.45, 2.75) is 26.0 Å². The number of nitrogens with two attached hydrogens (primary N) is 1. The highest BCUT2D eigenvalue weighted by Gasteiger charge is 2.33. The second-order valence-electron chi connectivity index (χ2n) is 6.61. The molecule has 3 heterocycles. The number of hydrogen-bond donors (Lipinski definition) is 3. The number of nitrogens with zero attached hydrogens (tertiary/aromatic N) is 5. The summed E-state index contributed by atoms with van der Waals surface area (Å²) in [5, 5.41) is 29.7. The maximum Gasteiger partial charge on any atom is 0.211 e. The van der Waals surface area contributed by atoms with Gasteiger partial charge in [-0.3, -0.25) is 4.68 Å². The quantitative estimate of drug-likeness (QED) is 0.401. The van der Waals surface area contributed by atoms with Crippen LogP contribution in [0.5, 0.6) is 0 Å². The summed E-state index contributed by atoms with van der Waals surface area (Å²) in [4.78, 5) is 4.34. The molecular formula is C18H18FN7OS2. The van der Waals surface area contributed by atoms with Crippen LogP contribution in [-0.4, -0.2) is 30.1 Å². The van der Waals surface area contributed by atoms with Gasteiger partial charge < -0.3 is 16.2 Å². The van der Waals surface area contributed by atoms with E-state index < -0.39 is 5.60 Å². The number of halogens is 1. The lowest BCUT2D eigenvalue weighted by atomic mass is 10.1. The number of nitrogen functional groups attached to an aromatic ring is 1. The van der Waals surface area contributed by atoms with Gasteiger partial charge in [0.05, 0.1) is 6.54 Å². The van der Waals surface area contributed by atoms with Crippen LogP contribution >= 0.6 is 22.7 Å². The van der Waals surface area contributed by atoms with Gasteiger partial charge in [0.2, 0.25) is 5.13 Å². The number of aliphatic hydroxyl groups is 1. The number of hydrogen-bond acceptors (Lipinski definition) is 9. The van der Waals surface area contributed by atoms with Crippen molar-refractivity contribution >= 4 is 39.3 Å². The summed E-state index contributed by atoms with van der Waals surface area (Å²) in [6, 6.07) is 6.33. The molecule has 4 rings (SSSR count). The number of thiazole rings is 1. The summed E-state index contributed by atoms with van der Waals surface area (Å²) in [5.41, 5.74) is 6.13. The molecule has 0 unspecified atom stereocenters. The standard InChI is InChI=1S/C18H18FN7OS2/c1-10-9-28-15(21-10)18(2,27)16-23-24-17(29-16)22-14-6-7-26(25-14)8-11-12(19)4-3-5-13(11)20/h3-7,9,27H,8,20H2,1-2H3,(H,22,24,25)/t18-/m0/s1. The second kappa shape index (κ2) is 7.50. The van der Waals surface area contributed by atoms with Gasteiger partial charge in [-0.2, -0.15) is 5.10 Å². The van der Waals surface area contributed by atoms with Gasteiger partial charge in [0, 0.05) is 34.6 Å². The molecule has 0 aliphatic rings. The maximum atomic E-state index is 14.0. The first-order valence-electron chi connectivity index (χ1n) is 8.65. The van der Waals surface area contributed by atoms with E-state index in [1.807, 2.05) is 12.3 Å². The second-order valence-corrected chi connectivity index (χ2v) is 8.45. The van der Waals surface area contributed by atoms with Crippen molar-refractivity contribution in [3.05, 3.63) is 62.9 Å². The maximum absolute atomic E-state index is 14.0. The van der Waals surface area contributed by atoms with Gasteiger partial charge in [-0.15, -0.1) is 21.5 Å². The summed E-state index contributed by atoms with van der Waals surface area (Å²) in [6.07, 6.45) is 1.71. The Morgan fingerprint density at radius 3 is 2.83 bits per heavy atom. The number of aryl methyl sites for hydroxylation is 1. The van der Waals surface area contributed by atoms with E-state index in [2.05, 4.69) is 25.6 Å². The van der Waals surface area contributed by atoms with E-state index in [9.17, 15) is 9.50 Å². The molecular weight excluding hydrogens is 413 g/mol. The normalized spacial score (nSPS) is 13.4. The Morgan fingerprint density at radius 2 is 2.10 bits per heavy atom. The molecule has 0 fully saturated rings. The van der Waals surface area contributed by atoms with Gasteiger partial charge in [-0.1, -0.05) is 17.4 Å². The minimum Gasteiger partial charge on any atom is -0.398 e. The van der Waals surface area contributed by atoms with E-state index in [1.54, 1.807) is 36.0 Å². The molecule has 0 saturated heterocycles. The molecule has 4 aromatic rings. The van der Waals surface area contributed by atoms with Crippen LogP contribution in [0, 0.1) is 12.7 Å². The molecule has 150 valence electrons. The van der Waals surface area contributed by atoms with Crippen LogP contribution in [0.4, 0.5) is 21.0 Å². The highest BCUT2D eigenvalue weighted by atomic mass is 32.1. The highest BCUT2D eigenvalue weighted by molar-refractivity contribution is 7.15. The van der Waals surface area contributed by atoms with Gasteiger partial charge in [-0.05, 0) is 26.0 Å². The lowest BCUT2D eigenvalue weighted by Crippen LogP contribution is -2.22. The molecule has 8 nitrogen and oxygen atoms in total. The van der Waals surface area contributed by atoms with E-state index in [1.165, 1.54) is 28.7 Å². The number of nitrogens with one attached hydrogen (secondary N) is 1. The SMILES string of the molecule is Cc1csc([C@](C)(O)c2nnc(Nc3ccn(Cc4c(N)cccc4F)n3)s2)n1. The van der Waals surface area contributed by atoms with Crippen LogP contribution < -0.4 is 11.1 Å². The topological polar surface area (TPSA) is 115 Å². The Bertz CT molecular complexity index is 1130. The van der Waals surface area contributed by atoms with Crippen LogP contribution in [0.1, 0.15) is 28.2 Å². The molecule has 0 radical (unpaired) electrons. The third-order valence-corrected chi connectivity index (χ3v) is 6.45. The zero-order valence-electron chi connectivity index (χ0n) is 15.6. The lowest BCUT2D eigenvalue weighted by Gasteiger charge is -2.16. The van der Waals surface area contributed by atoms with E-state index in [-0.39, 0.29) is 12.4 Å². The average Bonchev–Trinajstić information content (AvgIpc) is 3.40. The van der Waals surface area contributed by atoms with Crippen LogP contribution in [0.15, 0.2) is 35.8 Å². The van der Waals surface area contributed by atoms with Gasteiger partial charge in [-0.25, -0.2) is 9.37 Å². The first kappa shape index (κ1) is 19.4. The highest BCUT2D eigenvalue weighted by Crippen LogP contribution is 2.35. The number of anilines is 3. The Kier molecular flexibility index (Phi) is 5.03. The van der Waals surface area contributed by atoms with E-state index >= 15 is 0 Å². The Morgan fingerprint density at radius 1 is 1.28 bits per heavy atom. The van der Waals surface area contributed by atoms with Crippen molar-refractivity contribution in [2.24, 2.45) is 0 Å². The minimum atomic E-state index is -1.32. The molecule has 0 amide bonds. The average molecular weight is 432 g/mol. The van der Waals surface area contributed by atoms with Crippen molar-refractivity contribution in [3.63, 3.8) is 0 Å². The first-order valence-corrected chi connectivity index (χ1v) is 10.3. The van der Waals surface area contributed by atoms with Crippen molar-refractivity contribution < 1.29 is 9.50 Å². The summed E-state index contributed by atoms with van der Waals surface area (Å²) in [7, 11) is 0. The Hall–Kier alpha value is -2.89. The van der Waals surface area contributed by atoms with Gasteiger partial charge in [0.25, 0.3) is 0 Å². The largest absolute Gasteiger partial charge is 0.398 e. The predicted octanol–water partition coefficient (Wildman–Crippen LogP) is 3.27. The molecule has 11 heteroatoms. The molecule has 1 aromatic carbocycles. The third-order valence-electron chi connectivity index (χ3n) is 4.23. The van der Waals surface area contributed by atoms with Gasteiger partial charge >= 0.3 is 0 Å². The fourth-order valence-electron chi connectivity index (χ4n) is 2.67. The predicted molar refractivity (Wildman–Crippen MR) is 111 cm³/mol. The van der Waals surface area contributed by atoms with Crippen LogP contribution in [0.25, 0.3) is 0 Å². The van der Waals surface area contributed by atoms with Gasteiger partial charge in [0.15, 0.2) is 16.4 Å². The van der Waals surface area contributed by atoms with Crippen LogP contribution in [-0.2, 0) is 12.1 Å². The molecule has 0 bridgehead atoms. The van der Waals surface area contributed by atoms with Crippen molar-refractivity contribution in [1.82, 2.24) is 25.0 Å². The zero-order chi connectivity index (χ0) is 20.6. The first-order chi connectivity index (χ1) is 13.8. The summed E-state index contributed by atoms with van der Waals surface area (Å²) >= 11 is 2.58. The van der Waals surface area contributed by atoms with Crippen molar-refractivity contribution in [2.75, 3.05) is 11.1 Å². The molecule has 0 spiro atoms. The minimum absolute atomic E-state index is 0.208. The molecule has 0 saturated carbocycles. The summed E-state index contributed by atoms with van der Waals surface area (Å²) in [5.74, 6) is 0.149. The monoisotopic (exact) mass is 431 g/mol. The molecule has 29 heavy (non-hydrogen) atoms. The number of benzene rings is 1. The van der Waals surface area contributed by atoms with E-state index in [4.69, 9.17) is 5.73 Å². The summed E-state index contributed by atoms with van der Waals surface area (Å²) < 4.78 is 15.5. The Balaban J connectivity index is 1.49. The molecule has 0 aliphatic carbocycles. The molecule has 4 N–H and O–H groups in total. The van der Waals surface area contributed by atoms with E-state index in [0.717, 1.165) is 5.69 Å². The fourth-order valence-corrected chi connectivity index (χ4v) is 4.39. The number of rotatable bonds is 6. The molecule has 3 aromatic heterocycles. The third kappa shape index (κ3) is 3.97. The zero-order valence-corrected chi connectivity index (χ0v) is 17.3.